The molecule has 1 N–H and O–H groups in total. The number of aromatic nitrogens is 1. The number of hydrogen-bond acceptors (Lipinski definition) is 7. The van der Waals surface area contributed by atoms with Gasteiger partial charge in [-0.25, -0.2) is 9.78 Å². The molecule has 1 aliphatic heterocycles. The van der Waals surface area contributed by atoms with Crippen molar-refractivity contribution in [3.8, 4) is 0 Å². The minimum atomic E-state index is -0.384. The molecule has 19 heavy (non-hydrogen) atoms. The zero-order valence-electron chi connectivity index (χ0n) is 11.3. The highest BCUT2D eigenvalue weighted by Crippen LogP contribution is 2.26. The first-order valence-corrected chi connectivity index (χ1v) is 7.07. The van der Waals surface area contributed by atoms with Gasteiger partial charge in [0, 0.05) is 18.3 Å². The highest BCUT2D eigenvalue weighted by atomic mass is 32.1. The maximum absolute atomic E-state index is 11.8. The van der Waals surface area contributed by atoms with E-state index in [9.17, 15) is 4.79 Å². The molecule has 2 unspecified atom stereocenters. The molecule has 2 heterocycles. The zero-order chi connectivity index (χ0) is 13.8. The fourth-order valence-electron chi connectivity index (χ4n) is 1.64. The van der Waals surface area contributed by atoms with Crippen molar-refractivity contribution in [2.75, 3.05) is 25.6 Å². The molecule has 1 saturated heterocycles. The second-order valence-corrected chi connectivity index (χ2v) is 5.26. The van der Waals surface area contributed by atoms with Crippen molar-refractivity contribution in [2.45, 2.75) is 32.7 Å². The van der Waals surface area contributed by atoms with E-state index in [0.29, 0.717) is 30.5 Å². The average molecular weight is 286 g/mol. The van der Waals surface area contributed by atoms with E-state index in [1.165, 1.54) is 11.3 Å². The summed E-state index contributed by atoms with van der Waals surface area (Å²) in [5.74, 6) is -0.384. The number of thiazole rings is 1. The predicted molar refractivity (Wildman–Crippen MR) is 71.6 cm³/mol. The summed E-state index contributed by atoms with van der Waals surface area (Å²) in [6.45, 7) is 4.72. The summed E-state index contributed by atoms with van der Waals surface area (Å²) in [4.78, 5) is 17.0. The Bertz CT molecular complexity index is 445. The standard InChI is InChI=1S/C12H18N2O4S/c1-4-16-11(15)10-8(19-12(13-3)14-10)5-7(2)18-9-6-17-9/h7,9H,4-6H2,1-3H3,(H,13,14). The molecular formula is C12H18N2O4S. The molecule has 0 aliphatic carbocycles. The molecule has 1 aliphatic rings. The normalized spacial score (nSPS) is 19.0. The summed E-state index contributed by atoms with van der Waals surface area (Å²) >= 11 is 1.45. The van der Waals surface area contributed by atoms with Crippen LogP contribution in [0, 0.1) is 0 Å². The van der Waals surface area contributed by atoms with Crippen LogP contribution in [0.4, 0.5) is 5.13 Å². The van der Waals surface area contributed by atoms with E-state index in [4.69, 9.17) is 14.2 Å². The quantitative estimate of drug-likeness (QED) is 0.607. The number of anilines is 1. The van der Waals surface area contributed by atoms with Gasteiger partial charge in [-0.05, 0) is 13.8 Å². The van der Waals surface area contributed by atoms with Crippen molar-refractivity contribution < 1.29 is 19.0 Å². The van der Waals surface area contributed by atoms with Crippen LogP contribution in [0.5, 0.6) is 0 Å². The van der Waals surface area contributed by atoms with Gasteiger partial charge in [0.1, 0.15) is 6.61 Å². The molecule has 2 atom stereocenters. The summed E-state index contributed by atoms with van der Waals surface area (Å²) in [5.41, 5.74) is 0.378. The minimum absolute atomic E-state index is 0.0224. The molecule has 0 spiro atoms. The van der Waals surface area contributed by atoms with E-state index >= 15 is 0 Å². The number of carbonyl (C=O) groups excluding carboxylic acids is 1. The average Bonchev–Trinajstić information content (AvgIpc) is 3.07. The number of ether oxygens (including phenoxy) is 3. The number of epoxide rings is 1. The Morgan fingerprint density at radius 1 is 1.68 bits per heavy atom. The second-order valence-electron chi connectivity index (χ2n) is 4.17. The molecule has 0 bridgehead atoms. The molecule has 0 amide bonds. The van der Waals surface area contributed by atoms with Gasteiger partial charge in [-0.15, -0.1) is 11.3 Å². The van der Waals surface area contributed by atoms with Gasteiger partial charge in [0.15, 0.2) is 17.1 Å². The van der Waals surface area contributed by atoms with Crippen molar-refractivity contribution in [3.63, 3.8) is 0 Å². The van der Waals surface area contributed by atoms with E-state index in [-0.39, 0.29) is 18.4 Å². The van der Waals surface area contributed by atoms with Gasteiger partial charge >= 0.3 is 5.97 Å². The Balaban J connectivity index is 2.07. The molecule has 1 aromatic rings. The maximum Gasteiger partial charge on any atom is 0.358 e. The van der Waals surface area contributed by atoms with Gasteiger partial charge in [0.2, 0.25) is 0 Å². The van der Waals surface area contributed by atoms with Gasteiger partial charge in [-0.2, -0.15) is 0 Å². The monoisotopic (exact) mass is 286 g/mol. The lowest BCUT2D eigenvalue weighted by atomic mass is 10.2. The third-order valence-electron chi connectivity index (χ3n) is 2.54. The van der Waals surface area contributed by atoms with E-state index < -0.39 is 0 Å². The smallest absolute Gasteiger partial charge is 0.358 e. The lowest BCUT2D eigenvalue weighted by Crippen LogP contribution is -2.15. The van der Waals surface area contributed by atoms with Crippen LogP contribution in [-0.2, 0) is 20.6 Å². The Hall–Kier alpha value is -1.18. The van der Waals surface area contributed by atoms with Crippen molar-refractivity contribution in [3.05, 3.63) is 10.6 Å². The summed E-state index contributed by atoms with van der Waals surface area (Å²) < 4.78 is 15.6. The number of nitrogens with one attached hydrogen (secondary N) is 1. The minimum Gasteiger partial charge on any atom is -0.461 e. The molecule has 0 aromatic carbocycles. The molecule has 0 radical (unpaired) electrons. The lowest BCUT2D eigenvalue weighted by Gasteiger charge is -2.10. The van der Waals surface area contributed by atoms with Crippen LogP contribution in [0.15, 0.2) is 0 Å². The van der Waals surface area contributed by atoms with Crippen LogP contribution in [0.25, 0.3) is 0 Å². The van der Waals surface area contributed by atoms with Crippen LogP contribution in [0.3, 0.4) is 0 Å². The van der Waals surface area contributed by atoms with Crippen LogP contribution >= 0.6 is 11.3 Å². The van der Waals surface area contributed by atoms with Crippen molar-refractivity contribution in [2.24, 2.45) is 0 Å². The highest BCUT2D eigenvalue weighted by molar-refractivity contribution is 7.15. The molecule has 106 valence electrons. The van der Waals surface area contributed by atoms with E-state index in [0.717, 1.165) is 4.88 Å². The first-order chi connectivity index (χ1) is 9.13. The summed E-state index contributed by atoms with van der Waals surface area (Å²) in [6, 6.07) is 0. The molecule has 2 rings (SSSR count). The molecule has 1 aromatic heterocycles. The van der Waals surface area contributed by atoms with Crippen LogP contribution in [0.2, 0.25) is 0 Å². The molecule has 0 saturated carbocycles. The van der Waals surface area contributed by atoms with Crippen molar-refractivity contribution in [1.29, 1.82) is 0 Å². The number of hydrogen-bond donors (Lipinski definition) is 1. The van der Waals surface area contributed by atoms with Gasteiger partial charge in [-0.3, -0.25) is 0 Å². The van der Waals surface area contributed by atoms with Crippen LogP contribution < -0.4 is 5.32 Å². The van der Waals surface area contributed by atoms with Crippen molar-refractivity contribution >= 4 is 22.4 Å². The van der Waals surface area contributed by atoms with Crippen molar-refractivity contribution in [1.82, 2.24) is 4.98 Å². The van der Waals surface area contributed by atoms with E-state index in [1.54, 1.807) is 14.0 Å². The van der Waals surface area contributed by atoms with Gasteiger partial charge in [0.25, 0.3) is 0 Å². The fourth-order valence-corrected chi connectivity index (χ4v) is 2.66. The molecular weight excluding hydrogens is 268 g/mol. The Morgan fingerprint density at radius 2 is 2.42 bits per heavy atom. The largest absolute Gasteiger partial charge is 0.461 e. The Kier molecular flexibility index (Phi) is 4.73. The molecule has 1 fully saturated rings. The van der Waals surface area contributed by atoms with Gasteiger partial charge in [0.05, 0.1) is 12.7 Å². The van der Waals surface area contributed by atoms with Crippen LogP contribution in [0.1, 0.15) is 29.2 Å². The van der Waals surface area contributed by atoms with Gasteiger partial charge < -0.3 is 19.5 Å². The Labute approximate surface area is 116 Å². The fraction of sp³-hybridized carbons (Fsp3) is 0.667. The van der Waals surface area contributed by atoms with Gasteiger partial charge in [-0.1, -0.05) is 0 Å². The number of carbonyl (C=O) groups is 1. The Morgan fingerprint density at radius 3 is 3.00 bits per heavy atom. The molecule has 6 nitrogen and oxygen atoms in total. The first-order valence-electron chi connectivity index (χ1n) is 6.25. The highest BCUT2D eigenvalue weighted by Gasteiger charge is 2.27. The predicted octanol–water partition coefficient (Wildman–Crippen LogP) is 1.67. The zero-order valence-corrected chi connectivity index (χ0v) is 12.1. The third-order valence-corrected chi connectivity index (χ3v) is 3.63. The lowest BCUT2D eigenvalue weighted by molar-refractivity contribution is -0.000648. The third kappa shape index (κ3) is 3.89. The van der Waals surface area contributed by atoms with Crippen LogP contribution in [-0.4, -0.2) is 43.6 Å². The van der Waals surface area contributed by atoms with E-state index in [1.807, 2.05) is 6.92 Å². The topological polar surface area (TPSA) is 73.0 Å². The van der Waals surface area contributed by atoms with E-state index in [2.05, 4.69) is 10.3 Å². The first kappa shape index (κ1) is 14.2. The second kappa shape index (κ2) is 6.31. The SMILES string of the molecule is CCOC(=O)c1nc(NC)sc1CC(C)OC1CO1. The molecule has 7 heteroatoms. The number of rotatable bonds is 7. The number of nitrogens with zero attached hydrogens (tertiary/aromatic N) is 1. The summed E-state index contributed by atoms with van der Waals surface area (Å²) in [6.07, 6.45) is 0.511. The maximum atomic E-state index is 11.8. The number of esters is 1. The summed E-state index contributed by atoms with van der Waals surface area (Å²) in [5, 5.41) is 3.65. The summed E-state index contributed by atoms with van der Waals surface area (Å²) in [7, 11) is 1.77.